The maximum absolute atomic E-state index is 12.0. The van der Waals surface area contributed by atoms with Crippen molar-refractivity contribution in [2.75, 3.05) is 10.6 Å². The highest BCUT2D eigenvalue weighted by molar-refractivity contribution is 6.34. The summed E-state index contributed by atoms with van der Waals surface area (Å²) in [5.74, 6) is -0.555. The van der Waals surface area contributed by atoms with Gasteiger partial charge in [0.2, 0.25) is 5.95 Å². The molecule has 1 heterocycles. The number of aromatic amines is 1. The first-order valence-electron chi connectivity index (χ1n) is 5.98. The van der Waals surface area contributed by atoms with E-state index in [1.807, 2.05) is 0 Å². The number of H-pyrrole nitrogens is 1. The van der Waals surface area contributed by atoms with Gasteiger partial charge in [0.1, 0.15) is 18.0 Å². The first kappa shape index (κ1) is 15.9. The minimum atomic E-state index is -0.790. The number of nitrogens with one attached hydrogen (secondary N) is 3. The van der Waals surface area contributed by atoms with Gasteiger partial charge >= 0.3 is 0 Å². The Morgan fingerprint density at radius 3 is 2.91 bits per heavy atom. The molecule has 0 atom stereocenters. The molecule has 10 nitrogen and oxygen atoms in total. The number of nitrogens with zero attached hydrogens (tertiary/aromatic N) is 4. The van der Waals surface area contributed by atoms with Crippen LogP contribution in [0.25, 0.3) is 0 Å². The average molecular weight is 334 g/mol. The van der Waals surface area contributed by atoms with Gasteiger partial charge in [-0.1, -0.05) is 11.6 Å². The van der Waals surface area contributed by atoms with Gasteiger partial charge in [-0.3, -0.25) is 14.9 Å². The van der Waals surface area contributed by atoms with E-state index in [2.05, 4.69) is 25.8 Å². The molecule has 0 aliphatic heterocycles. The number of rotatable bonds is 5. The topological polar surface area (TPSA) is 150 Å². The lowest BCUT2D eigenvalue weighted by atomic mass is 10.2. The second kappa shape index (κ2) is 7.01. The molecule has 0 fully saturated rings. The van der Waals surface area contributed by atoms with Gasteiger partial charge in [0.25, 0.3) is 11.6 Å². The predicted octanol–water partition coefficient (Wildman–Crippen LogP) is 1.82. The molecule has 0 unspecified atom stereocenters. The zero-order chi connectivity index (χ0) is 16.8. The fourth-order valence-corrected chi connectivity index (χ4v) is 1.64. The molecule has 23 heavy (non-hydrogen) atoms. The molecule has 2 rings (SSSR count). The van der Waals surface area contributed by atoms with Crippen molar-refractivity contribution in [2.24, 2.45) is 0 Å². The molecule has 0 aliphatic rings. The molecule has 0 spiro atoms. The van der Waals surface area contributed by atoms with Crippen molar-refractivity contribution in [1.82, 2.24) is 15.2 Å². The standard InChI is InChI=1S/C12H8ClN7O3/c13-9-2-1-8(20(22)23)3-10(9)18-11(21)7(4-14)5-15-12-16-6-17-19-12/h1-3,5-6H,(H,18,21)(H2,15,16,17,19)/b7-5-. The molecule has 1 amide bonds. The Hall–Kier alpha value is -3.45. The Bertz CT molecular complexity index is 811. The number of carbonyl (C=O) groups is 1. The van der Waals surface area contributed by atoms with Gasteiger partial charge in [-0.15, -0.1) is 0 Å². The van der Waals surface area contributed by atoms with E-state index in [-0.39, 0.29) is 27.9 Å². The van der Waals surface area contributed by atoms with Crippen LogP contribution < -0.4 is 10.6 Å². The average Bonchev–Trinajstić information content (AvgIpc) is 3.03. The van der Waals surface area contributed by atoms with E-state index in [0.29, 0.717) is 0 Å². The molecule has 0 saturated carbocycles. The lowest BCUT2D eigenvalue weighted by Gasteiger charge is -2.06. The summed E-state index contributed by atoms with van der Waals surface area (Å²) in [4.78, 5) is 25.9. The second-order valence-corrected chi connectivity index (χ2v) is 4.43. The number of benzene rings is 1. The molecule has 2 aromatic rings. The van der Waals surface area contributed by atoms with Crippen molar-refractivity contribution in [3.05, 3.63) is 51.4 Å². The number of anilines is 2. The third-order valence-corrected chi connectivity index (χ3v) is 2.87. The van der Waals surface area contributed by atoms with Gasteiger partial charge in [0.15, 0.2) is 0 Å². The van der Waals surface area contributed by atoms with Crippen LogP contribution in [0.1, 0.15) is 0 Å². The zero-order valence-electron chi connectivity index (χ0n) is 11.3. The summed E-state index contributed by atoms with van der Waals surface area (Å²) in [5.41, 5.74) is -0.511. The number of nitro benzene ring substituents is 1. The third-order valence-electron chi connectivity index (χ3n) is 2.54. The SMILES string of the molecule is N#C/C(=C/Nc1ncn[nH]1)C(=O)Nc1cc([N+](=O)[O-])ccc1Cl. The van der Waals surface area contributed by atoms with Gasteiger partial charge < -0.3 is 10.6 Å². The number of hydrogen-bond acceptors (Lipinski definition) is 7. The van der Waals surface area contributed by atoms with Crippen molar-refractivity contribution >= 4 is 34.8 Å². The number of hydrogen-bond donors (Lipinski definition) is 3. The van der Waals surface area contributed by atoms with Crippen LogP contribution in [0.5, 0.6) is 0 Å². The second-order valence-electron chi connectivity index (χ2n) is 4.02. The number of carbonyl (C=O) groups excluding carboxylic acids is 1. The Kier molecular flexibility index (Phi) is 4.85. The molecule has 0 bridgehead atoms. The zero-order valence-corrected chi connectivity index (χ0v) is 12.0. The molecule has 0 aliphatic carbocycles. The van der Waals surface area contributed by atoms with E-state index in [0.717, 1.165) is 12.3 Å². The summed E-state index contributed by atoms with van der Waals surface area (Å²) in [7, 11) is 0. The largest absolute Gasteiger partial charge is 0.330 e. The monoisotopic (exact) mass is 333 g/mol. The number of non-ortho nitro benzene ring substituents is 1. The number of nitriles is 1. The number of amides is 1. The summed E-state index contributed by atoms with van der Waals surface area (Å²) < 4.78 is 0. The van der Waals surface area contributed by atoms with E-state index in [4.69, 9.17) is 16.9 Å². The highest BCUT2D eigenvalue weighted by Gasteiger charge is 2.15. The van der Waals surface area contributed by atoms with Crippen LogP contribution in [0.2, 0.25) is 5.02 Å². The van der Waals surface area contributed by atoms with Crippen molar-refractivity contribution < 1.29 is 9.72 Å². The van der Waals surface area contributed by atoms with E-state index in [1.54, 1.807) is 6.07 Å². The number of nitro groups is 1. The highest BCUT2D eigenvalue weighted by atomic mass is 35.5. The van der Waals surface area contributed by atoms with E-state index in [1.165, 1.54) is 18.5 Å². The number of halogens is 1. The molecule has 3 N–H and O–H groups in total. The third kappa shape index (κ3) is 4.02. The first-order valence-corrected chi connectivity index (χ1v) is 6.36. The molecular formula is C12H8ClN7O3. The fraction of sp³-hybridized carbons (Fsp3) is 0. The first-order chi connectivity index (χ1) is 11.0. The van der Waals surface area contributed by atoms with Gasteiger partial charge in [-0.25, -0.2) is 5.10 Å². The summed E-state index contributed by atoms with van der Waals surface area (Å²) in [5, 5.41) is 30.8. The summed E-state index contributed by atoms with van der Waals surface area (Å²) in [6, 6.07) is 5.26. The molecule has 116 valence electrons. The van der Waals surface area contributed by atoms with E-state index in [9.17, 15) is 14.9 Å². The van der Waals surface area contributed by atoms with Crippen LogP contribution in [0.3, 0.4) is 0 Å². The molecular weight excluding hydrogens is 326 g/mol. The Labute approximate surface area is 133 Å². The van der Waals surface area contributed by atoms with Crippen molar-refractivity contribution in [3.8, 4) is 6.07 Å². The molecule has 0 saturated heterocycles. The van der Waals surface area contributed by atoms with Crippen molar-refractivity contribution in [3.63, 3.8) is 0 Å². The van der Waals surface area contributed by atoms with Crippen LogP contribution in [-0.4, -0.2) is 26.0 Å². The minimum Gasteiger partial charge on any atom is -0.330 e. The lowest BCUT2D eigenvalue weighted by Crippen LogP contribution is -2.15. The van der Waals surface area contributed by atoms with E-state index >= 15 is 0 Å². The number of aromatic nitrogens is 3. The summed E-state index contributed by atoms with van der Waals surface area (Å²) in [6.45, 7) is 0. The van der Waals surface area contributed by atoms with Crippen molar-refractivity contribution in [1.29, 1.82) is 5.26 Å². The van der Waals surface area contributed by atoms with Crippen LogP contribution in [-0.2, 0) is 4.79 Å². The van der Waals surface area contributed by atoms with E-state index < -0.39 is 10.8 Å². The Morgan fingerprint density at radius 1 is 1.52 bits per heavy atom. The fourth-order valence-electron chi connectivity index (χ4n) is 1.48. The maximum atomic E-state index is 12.0. The predicted molar refractivity (Wildman–Crippen MR) is 80.4 cm³/mol. The molecule has 11 heteroatoms. The normalized spacial score (nSPS) is 10.7. The van der Waals surface area contributed by atoms with Crippen molar-refractivity contribution in [2.45, 2.75) is 0 Å². The Morgan fingerprint density at radius 2 is 2.30 bits per heavy atom. The van der Waals surface area contributed by atoms with Crippen LogP contribution in [0, 0.1) is 21.4 Å². The lowest BCUT2D eigenvalue weighted by molar-refractivity contribution is -0.384. The molecule has 0 radical (unpaired) electrons. The summed E-state index contributed by atoms with van der Waals surface area (Å²) in [6.07, 6.45) is 2.35. The van der Waals surface area contributed by atoms with Crippen LogP contribution in [0.4, 0.5) is 17.3 Å². The summed E-state index contributed by atoms with van der Waals surface area (Å²) >= 11 is 5.87. The van der Waals surface area contributed by atoms with Gasteiger partial charge in [-0.2, -0.15) is 15.3 Å². The maximum Gasteiger partial charge on any atom is 0.271 e. The Balaban J connectivity index is 2.16. The molecule has 1 aromatic carbocycles. The smallest absolute Gasteiger partial charge is 0.271 e. The van der Waals surface area contributed by atoms with Crippen LogP contribution >= 0.6 is 11.6 Å². The quantitative estimate of drug-likeness (QED) is 0.327. The van der Waals surface area contributed by atoms with Gasteiger partial charge in [-0.05, 0) is 6.07 Å². The molecule has 1 aromatic heterocycles. The van der Waals surface area contributed by atoms with Gasteiger partial charge in [0, 0.05) is 18.3 Å². The highest BCUT2D eigenvalue weighted by Crippen LogP contribution is 2.26. The van der Waals surface area contributed by atoms with Crippen LogP contribution in [0.15, 0.2) is 36.3 Å². The van der Waals surface area contributed by atoms with Gasteiger partial charge in [0.05, 0.1) is 15.6 Å². The minimum absolute atomic E-state index is 0.0201.